The summed E-state index contributed by atoms with van der Waals surface area (Å²) in [7, 11) is 1.85. The van der Waals surface area contributed by atoms with E-state index in [2.05, 4.69) is 25.4 Å². The van der Waals surface area contributed by atoms with Crippen molar-refractivity contribution >= 4 is 17.6 Å². The first-order valence-corrected chi connectivity index (χ1v) is 5.69. The van der Waals surface area contributed by atoms with Gasteiger partial charge in [-0.3, -0.25) is 0 Å². The lowest BCUT2D eigenvalue weighted by Crippen LogP contribution is -2.00. The highest BCUT2D eigenvalue weighted by molar-refractivity contribution is 7.99. The van der Waals surface area contributed by atoms with Crippen molar-refractivity contribution in [3.8, 4) is 0 Å². The Hall–Kier alpha value is -1.63. The van der Waals surface area contributed by atoms with E-state index in [1.807, 2.05) is 20.0 Å². The number of nitrogens with zero attached hydrogens (tertiary/aromatic N) is 5. The molecule has 0 amide bonds. The lowest BCUT2D eigenvalue weighted by molar-refractivity contribution is 0.684. The normalized spacial score (nSPS) is 10.4. The molecule has 0 aliphatic heterocycles. The van der Waals surface area contributed by atoms with Crippen molar-refractivity contribution in [3.05, 3.63) is 18.7 Å². The van der Waals surface area contributed by atoms with Crippen molar-refractivity contribution in [3.63, 3.8) is 0 Å². The molecule has 0 saturated heterocycles. The van der Waals surface area contributed by atoms with Crippen LogP contribution in [0.3, 0.4) is 0 Å². The largest absolute Gasteiger partial charge is 0.370 e. The standard InChI is InChI=1S/C9H12N6S/c1-3-10-7-4-8(12-5-11-7)16-9-13-6-14-15(9)2/h4-6H,3H2,1-2H3,(H,10,11,12). The van der Waals surface area contributed by atoms with Gasteiger partial charge in [-0.2, -0.15) is 5.10 Å². The summed E-state index contributed by atoms with van der Waals surface area (Å²) in [6, 6.07) is 1.89. The van der Waals surface area contributed by atoms with Crippen molar-refractivity contribution < 1.29 is 0 Å². The Morgan fingerprint density at radius 2 is 2.19 bits per heavy atom. The molecule has 2 heterocycles. The molecule has 0 spiro atoms. The summed E-state index contributed by atoms with van der Waals surface area (Å²) >= 11 is 1.46. The van der Waals surface area contributed by atoms with Crippen LogP contribution in [0.4, 0.5) is 5.82 Å². The minimum atomic E-state index is 0.807. The van der Waals surface area contributed by atoms with E-state index in [1.165, 1.54) is 24.4 Å². The quantitative estimate of drug-likeness (QED) is 0.804. The minimum absolute atomic E-state index is 0.807. The molecular weight excluding hydrogens is 224 g/mol. The minimum Gasteiger partial charge on any atom is -0.370 e. The van der Waals surface area contributed by atoms with Gasteiger partial charge in [0, 0.05) is 19.7 Å². The molecule has 0 aromatic carbocycles. The highest BCUT2D eigenvalue weighted by Crippen LogP contribution is 2.23. The van der Waals surface area contributed by atoms with E-state index < -0.39 is 0 Å². The van der Waals surface area contributed by atoms with Crippen LogP contribution in [-0.2, 0) is 7.05 Å². The summed E-state index contributed by atoms with van der Waals surface area (Å²) in [5.41, 5.74) is 0. The lowest BCUT2D eigenvalue weighted by Gasteiger charge is -2.03. The molecule has 0 aliphatic rings. The number of aromatic nitrogens is 5. The van der Waals surface area contributed by atoms with Crippen molar-refractivity contribution in [2.24, 2.45) is 7.05 Å². The Morgan fingerprint density at radius 3 is 2.88 bits per heavy atom. The molecule has 7 heteroatoms. The third-order valence-electron chi connectivity index (χ3n) is 1.87. The molecule has 6 nitrogen and oxygen atoms in total. The highest BCUT2D eigenvalue weighted by atomic mass is 32.2. The second-order valence-corrected chi connectivity index (χ2v) is 4.03. The van der Waals surface area contributed by atoms with Gasteiger partial charge >= 0.3 is 0 Å². The van der Waals surface area contributed by atoms with Gasteiger partial charge in [-0.25, -0.2) is 19.6 Å². The van der Waals surface area contributed by atoms with Crippen molar-refractivity contribution in [1.29, 1.82) is 0 Å². The number of hydrogen-bond donors (Lipinski definition) is 1. The number of anilines is 1. The maximum Gasteiger partial charge on any atom is 0.192 e. The summed E-state index contributed by atoms with van der Waals surface area (Å²) in [6.07, 6.45) is 3.06. The van der Waals surface area contributed by atoms with Crippen LogP contribution in [0.25, 0.3) is 0 Å². The van der Waals surface area contributed by atoms with Crippen LogP contribution in [0, 0.1) is 0 Å². The third kappa shape index (κ3) is 2.48. The fraction of sp³-hybridized carbons (Fsp3) is 0.333. The summed E-state index contributed by atoms with van der Waals surface area (Å²) in [5.74, 6) is 0.821. The fourth-order valence-electron chi connectivity index (χ4n) is 1.14. The lowest BCUT2D eigenvalue weighted by atomic mass is 10.5. The molecule has 0 fully saturated rings. The van der Waals surface area contributed by atoms with Crippen LogP contribution in [-0.4, -0.2) is 31.3 Å². The molecule has 2 aromatic heterocycles. The maximum absolute atomic E-state index is 4.17. The van der Waals surface area contributed by atoms with Crippen LogP contribution in [0.15, 0.2) is 28.9 Å². The monoisotopic (exact) mass is 236 g/mol. The van der Waals surface area contributed by atoms with Gasteiger partial charge in [0.2, 0.25) is 0 Å². The molecule has 1 N–H and O–H groups in total. The molecule has 84 valence electrons. The first-order chi connectivity index (χ1) is 7.79. The molecule has 0 atom stereocenters. The molecule has 2 rings (SSSR count). The number of nitrogens with one attached hydrogen (secondary N) is 1. The number of aryl methyl sites for hydroxylation is 1. The van der Waals surface area contributed by atoms with Crippen LogP contribution < -0.4 is 5.32 Å². The smallest absolute Gasteiger partial charge is 0.192 e. The van der Waals surface area contributed by atoms with Gasteiger partial charge in [0.25, 0.3) is 0 Å². The van der Waals surface area contributed by atoms with Gasteiger partial charge < -0.3 is 5.32 Å². The van der Waals surface area contributed by atoms with Crippen molar-refractivity contribution in [1.82, 2.24) is 24.7 Å². The number of rotatable bonds is 4. The molecular formula is C9H12N6S. The van der Waals surface area contributed by atoms with Gasteiger partial charge in [-0.05, 0) is 18.7 Å². The fourth-order valence-corrected chi connectivity index (χ4v) is 1.88. The Morgan fingerprint density at radius 1 is 1.31 bits per heavy atom. The molecule has 0 saturated carbocycles. The van der Waals surface area contributed by atoms with Crippen LogP contribution in [0.1, 0.15) is 6.92 Å². The van der Waals surface area contributed by atoms with E-state index in [1.54, 1.807) is 4.68 Å². The first kappa shape index (κ1) is 10.9. The van der Waals surface area contributed by atoms with E-state index in [4.69, 9.17) is 0 Å². The van der Waals surface area contributed by atoms with E-state index in [9.17, 15) is 0 Å². The Labute approximate surface area is 97.5 Å². The average Bonchev–Trinajstić information content (AvgIpc) is 2.66. The molecule has 0 unspecified atom stereocenters. The predicted octanol–water partition coefficient (Wildman–Crippen LogP) is 1.19. The zero-order valence-corrected chi connectivity index (χ0v) is 9.90. The molecule has 0 radical (unpaired) electrons. The molecule has 2 aromatic rings. The van der Waals surface area contributed by atoms with Crippen molar-refractivity contribution in [2.45, 2.75) is 17.1 Å². The summed E-state index contributed by atoms with van der Waals surface area (Å²) in [5, 5.41) is 8.79. The van der Waals surface area contributed by atoms with E-state index >= 15 is 0 Å². The predicted molar refractivity (Wildman–Crippen MR) is 61.3 cm³/mol. The van der Waals surface area contributed by atoms with Crippen LogP contribution in [0.5, 0.6) is 0 Å². The van der Waals surface area contributed by atoms with Crippen molar-refractivity contribution in [2.75, 3.05) is 11.9 Å². The molecule has 0 bridgehead atoms. The highest BCUT2D eigenvalue weighted by Gasteiger charge is 2.05. The first-order valence-electron chi connectivity index (χ1n) is 4.87. The SMILES string of the molecule is CCNc1cc(Sc2ncnn2C)ncn1. The van der Waals surface area contributed by atoms with Crippen LogP contribution >= 0.6 is 11.8 Å². The summed E-state index contributed by atoms with van der Waals surface area (Å²) in [6.45, 7) is 2.86. The van der Waals surface area contributed by atoms with E-state index in [0.717, 1.165) is 22.5 Å². The van der Waals surface area contributed by atoms with Gasteiger partial charge in [0.1, 0.15) is 23.5 Å². The Bertz CT molecular complexity index is 469. The van der Waals surface area contributed by atoms with E-state index in [-0.39, 0.29) is 0 Å². The van der Waals surface area contributed by atoms with Crippen LogP contribution in [0.2, 0.25) is 0 Å². The third-order valence-corrected chi connectivity index (χ3v) is 2.85. The number of hydrogen-bond acceptors (Lipinski definition) is 6. The van der Waals surface area contributed by atoms with Gasteiger partial charge in [-0.15, -0.1) is 0 Å². The Balaban J connectivity index is 2.15. The summed E-state index contributed by atoms with van der Waals surface area (Å²) in [4.78, 5) is 12.4. The average molecular weight is 236 g/mol. The van der Waals surface area contributed by atoms with Gasteiger partial charge in [-0.1, -0.05) is 0 Å². The van der Waals surface area contributed by atoms with Gasteiger partial charge in [0.15, 0.2) is 5.16 Å². The summed E-state index contributed by atoms with van der Waals surface area (Å²) < 4.78 is 1.71. The topological polar surface area (TPSA) is 68.5 Å². The molecule has 16 heavy (non-hydrogen) atoms. The van der Waals surface area contributed by atoms with Gasteiger partial charge in [0.05, 0.1) is 0 Å². The second kappa shape index (κ2) is 4.93. The van der Waals surface area contributed by atoms with E-state index in [0.29, 0.717) is 0 Å². The second-order valence-electron chi connectivity index (χ2n) is 3.04. The maximum atomic E-state index is 4.17. The zero-order chi connectivity index (χ0) is 11.4. The Kier molecular flexibility index (Phi) is 3.35. The molecule has 0 aliphatic carbocycles. The zero-order valence-electron chi connectivity index (χ0n) is 9.08.